The fourth-order valence-electron chi connectivity index (χ4n) is 2.16. The molecule has 0 aliphatic rings. The van der Waals surface area contributed by atoms with E-state index in [1.807, 2.05) is 6.20 Å². The summed E-state index contributed by atoms with van der Waals surface area (Å²) in [5, 5.41) is 9.23. The molecule has 1 aromatic heterocycles. The van der Waals surface area contributed by atoms with Gasteiger partial charge in [-0.25, -0.2) is 0 Å². The molecule has 1 aromatic rings. The Kier molecular flexibility index (Phi) is 6.47. The summed E-state index contributed by atoms with van der Waals surface area (Å²) in [7, 11) is 0. The summed E-state index contributed by atoms with van der Waals surface area (Å²) in [6.07, 6.45) is 11.4. The van der Waals surface area contributed by atoms with Crippen LogP contribution in [0.5, 0.6) is 0 Å². The summed E-state index contributed by atoms with van der Waals surface area (Å²) in [5.74, 6) is 0. The molecule has 2 heteroatoms. The minimum atomic E-state index is 0.914. The van der Waals surface area contributed by atoms with E-state index in [0.717, 1.165) is 24.1 Å². The number of rotatable bonds is 8. The van der Waals surface area contributed by atoms with Crippen LogP contribution in [0.1, 0.15) is 69.2 Å². The minimum Gasteiger partial charge on any atom is -0.364 e. The molecule has 17 heavy (non-hydrogen) atoms. The zero-order valence-electron chi connectivity index (χ0n) is 11.2. The van der Waals surface area contributed by atoms with Crippen molar-refractivity contribution in [3.63, 3.8) is 0 Å². The first-order valence-electron chi connectivity index (χ1n) is 6.92. The van der Waals surface area contributed by atoms with Gasteiger partial charge in [0, 0.05) is 11.9 Å². The molecule has 0 unspecified atom stereocenters. The van der Waals surface area contributed by atoms with Gasteiger partial charge >= 0.3 is 0 Å². The van der Waals surface area contributed by atoms with Gasteiger partial charge < -0.3 is 4.98 Å². The quantitative estimate of drug-likeness (QED) is 0.665. The molecule has 0 aliphatic carbocycles. The average Bonchev–Trinajstić information content (AvgIpc) is 2.72. The summed E-state index contributed by atoms with van der Waals surface area (Å²) in [6.45, 7) is 4.41. The second kappa shape index (κ2) is 7.95. The highest BCUT2D eigenvalue weighted by Gasteiger charge is 2.09. The van der Waals surface area contributed by atoms with Crippen molar-refractivity contribution < 1.29 is 0 Å². The van der Waals surface area contributed by atoms with Gasteiger partial charge in [-0.05, 0) is 31.2 Å². The van der Waals surface area contributed by atoms with Crippen molar-refractivity contribution in [3.05, 3.63) is 23.0 Å². The molecule has 0 atom stereocenters. The lowest BCUT2D eigenvalue weighted by molar-refractivity contribution is 0.707. The molecule has 0 amide bonds. The smallest absolute Gasteiger partial charge is 0.101 e. The van der Waals surface area contributed by atoms with Crippen LogP contribution < -0.4 is 0 Å². The lowest BCUT2D eigenvalue weighted by Crippen LogP contribution is -1.91. The number of aromatic nitrogens is 1. The molecule has 94 valence electrons. The number of H-pyrrole nitrogens is 1. The van der Waals surface area contributed by atoms with Crippen LogP contribution in [-0.2, 0) is 12.8 Å². The largest absolute Gasteiger partial charge is 0.364 e. The Bertz CT molecular complexity index is 330. The molecule has 0 radical (unpaired) electrons. The number of aromatic amines is 1. The van der Waals surface area contributed by atoms with E-state index in [0.29, 0.717) is 0 Å². The predicted molar refractivity (Wildman–Crippen MR) is 72.0 cm³/mol. The fraction of sp³-hybridized carbons (Fsp3) is 0.667. The molecule has 2 nitrogen and oxygen atoms in total. The third-order valence-corrected chi connectivity index (χ3v) is 3.24. The number of hydrogen-bond donors (Lipinski definition) is 1. The highest BCUT2D eigenvalue weighted by Crippen LogP contribution is 2.18. The van der Waals surface area contributed by atoms with Crippen molar-refractivity contribution in [3.8, 4) is 6.07 Å². The number of nitriles is 1. The van der Waals surface area contributed by atoms with Crippen molar-refractivity contribution in [2.75, 3.05) is 0 Å². The normalized spacial score (nSPS) is 10.4. The van der Waals surface area contributed by atoms with Crippen molar-refractivity contribution in [2.45, 2.75) is 65.2 Å². The summed E-state index contributed by atoms with van der Waals surface area (Å²) in [5.41, 5.74) is 3.28. The maximum atomic E-state index is 9.23. The van der Waals surface area contributed by atoms with Crippen molar-refractivity contribution in [1.29, 1.82) is 5.26 Å². The van der Waals surface area contributed by atoms with Crippen LogP contribution in [0.3, 0.4) is 0 Å². The molecule has 1 N–H and O–H groups in total. The maximum absolute atomic E-state index is 9.23. The first kappa shape index (κ1) is 13.8. The van der Waals surface area contributed by atoms with E-state index in [2.05, 4.69) is 24.9 Å². The lowest BCUT2D eigenvalue weighted by Gasteiger charge is -2.00. The number of unbranched alkanes of at least 4 members (excludes halogenated alkanes) is 4. The van der Waals surface area contributed by atoms with E-state index >= 15 is 0 Å². The topological polar surface area (TPSA) is 39.6 Å². The molecular formula is C15H24N2. The van der Waals surface area contributed by atoms with Gasteiger partial charge in [-0.1, -0.05) is 39.5 Å². The lowest BCUT2D eigenvalue weighted by atomic mass is 10.0. The highest BCUT2D eigenvalue weighted by atomic mass is 14.7. The molecule has 0 aromatic carbocycles. The summed E-state index contributed by atoms with van der Waals surface area (Å²) >= 11 is 0. The fourth-order valence-corrected chi connectivity index (χ4v) is 2.16. The molecule has 1 rings (SSSR count). The van der Waals surface area contributed by atoms with E-state index < -0.39 is 0 Å². The van der Waals surface area contributed by atoms with Gasteiger partial charge in [0.2, 0.25) is 0 Å². The molecule has 0 saturated carbocycles. The third kappa shape index (κ3) is 4.26. The predicted octanol–water partition coefficient (Wildman–Crippen LogP) is 4.35. The molecular weight excluding hydrogens is 208 g/mol. The van der Waals surface area contributed by atoms with Crippen LogP contribution in [-0.4, -0.2) is 4.98 Å². The summed E-state index contributed by atoms with van der Waals surface area (Å²) < 4.78 is 0. The van der Waals surface area contributed by atoms with Crippen LogP contribution in [0.2, 0.25) is 0 Å². The zero-order chi connectivity index (χ0) is 12.5. The van der Waals surface area contributed by atoms with Crippen LogP contribution in [0.15, 0.2) is 6.20 Å². The van der Waals surface area contributed by atoms with E-state index in [9.17, 15) is 5.26 Å². The van der Waals surface area contributed by atoms with Gasteiger partial charge in [0.1, 0.15) is 6.07 Å². The Morgan fingerprint density at radius 3 is 2.29 bits per heavy atom. The Morgan fingerprint density at radius 1 is 1.06 bits per heavy atom. The zero-order valence-corrected chi connectivity index (χ0v) is 11.2. The SMILES string of the molecule is CCCCCc1c[nH]c(CCCCC)c1C#N. The Labute approximate surface area is 105 Å². The van der Waals surface area contributed by atoms with Gasteiger partial charge in [0.25, 0.3) is 0 Å². The molecule has 0 fully saturated rings. The Morgan fingerprint density at radius 2 is 1.71 bits per heavy atom. The highest BCUT2D eigenvalue weighted by molar-refractivity contribution is 5.41. The number of aryl methyl sites for hydroxylation is 2. The second-order valence-electron chi connectivity index (χ2n) is 4.69. The molecule has 0 spiro atoms. The van der Waals surface area contributed by atoms with Gasteiger partial charge in [-0.2, -0.15) is 5.26 Å². The van der Waals surface area contributed by atoms with Gasteiger partial charge in [-0.3, -0.25) is 0 Å². The van der Waals surface area contributed by atoms with Crippen molar-refractivity contribution in [1.82, 2.24) is 4.98 Å². The summed E-state index contributed by atoms with van der Waals surface area (Å²) in [4.78, 5) is 3.29. The maximum Gasteiger partial charge on any atom is 0.101 e. The van der Waals surface area contributed by atoms with Gasteiger partial charge in [0.05, 0.1) is 5.56 Å². The molecule has 1 heterocycles. The van der Waals surface area contributed by atoms with Crippen LogP contribution in [0.25, 0.3) is 0 Å². The summed E-state index contributed by atoms with van der Waals surface area (Å²) in [6, 6.07) is 2.37. The van der Waals surface area contributed by atoms with Crippen molar-refractivity contribution >= 4 is 0 Å². The van der Waals surface area contributed by atoms with E-state index in [4.69, 9.17) is 0 Å². The first-order valence-corrected chi connectivity index (χ1v) is 6.92. The monoisotopic (exact) mass is 232 g/mol. The van der Waals surface area contributed by atoms with E-state index in [1.54, 1.807) is 0 Å². The van der Waals surface area contributed by atoms with Crippen LogP contribution in [0.4, 0.5) is 0 Å². The Hall–Kier alpha value is -1.23. The molecule has 0 saturated heterocycles. The number of nitrogens with zero attached hydrogens (tertiary/aromatic N) is 1. The minimum absolute atomic E-state index is 0.914. The first-order chi connectivity index (χ1) is 8.33. The standard InChI is InChI=1S/C15H24N2/c1-3-5-7-9-13-12-17-15(14(13)11-16)10-8-6-4-2/h12,17H,3-10H2,1-2H3. The second-order valence-corrected chi connectivity index (χ2v) is 4.69. The van der Waals surface area contributed by atoms with E-state index in [1.165, 1.54) is 44.1 Å². The van der Waals surface area contributed by atoms with Crippen LogP contribution >= 0.6 is 0 Å². The van der Waals surface area contributed by atoms with Gasteiger partial charge in [-0.15, -0.1) is 0 Å². The van der Waals surface area contributed by atoms with E-state index in [-0.39, 0.29) is 0 Å². The van der Waals surface area contributed by atoms with Crippen LogP contribution in [0, 0.1) is 11.3 Å². The number of nitrogens with one attached hydrogen (secondary N) is 1. The number of hydrogen-bond acceptors (Lipinski definition) is 1. The van der Waals surface area contributed by atoms with Gasteiger partial charge in [0.15, 0.2) is 0 Å². The van der Waals surface area contributed by atoms with Crippen molar-refractivity contribution in [2.24, 2.45) is 0 Å². The third-order valence-electron chi connectivity index (χ3n) is 3.24. The Balaban J connectivity index is 2.57. The molecule has 0 aliphatic heterocycles. The molecule has 0 bridgehead atoms. The average molecular weight is 232 g/mol.